The monoisotopic (exact) mass is 324 g/mol. The van der Waals surface area contributed by atoms with E-state index in [2.05, 4.69) is 0 Å². The van der Waals surface area contributed by atoms with Gasteiger partial charge in [0.15, 0.2) is 11.6 Å². The van der Waals surface area contributed by atoms with Crippen molar-refractivity contribution >= 4 is 17.7 Å². The SMILES string of the molecule is N#C/C(=C\c1ccc(F)c(F)c1)C(=O)N1CCCc2ccccc21. The molecule has 0 atom stereocenters. The Morgan fingerprint density at radius 3 is 2.71 bits per heavy atom. The number of nitriles is 1. The van der Waals surface area contributed by atoms with E-state index in [1.807, 2.05) is 30.3 Å². The molecule has 2 aromatic carbocycles. The van der Waals surface area contributed by atoms with Crippen molar-refractivity contribution < 1.29 is 13.6 Å². The Bertz CT molecular complexity index is 868. The summed E-state index contributed by atoms with van der Waals surface area (Å²) in [6, 6.07) is 12.7. The summed E-state index contributed by atoms with van der Waals surface area (Å²) >= 11 is 0. The number of benzene rings is 2. The smallest absolute Gasteiger partial charge is 0.268 e. The summed E-state index contributed by atoms with van der Waals surface area (Å²) in [5, 5.41) is 9.33. The number of fused-ring (bicyclic) bond motifs is 1. The van der Waals surface area contributed by atoms with Gasteiger partial charge < -0.3 is 4.90 Å². The summed E-state index contributed by atoms with van der Waals surface area (Å²) in [6.45, 7) is 0.520. The van der Waals surface area contributed by atoms with E-state index in [1.165, 1.54) is 12.1 Å². The first-order chi connectivity index (χ1) is 11.6. The number of hydrogen-bond donors (Lipinski definition) is 0. The molecule has 1 aliphatic rings. The molecule has 0 saturated heterocycles. The Labute approximate surface area is 138 Å². The minimum absolute atomic E-state index is 0.113. The van der Waals surface area contributed by atoms with Crippen LogP contribution in [-0.2, 0) is 11.2 Å². The van der Waals surface area contributed by atoms with Crippen LogP contribution in [0.15, 0.2) is 48.0 Å². The number of amides is 1. The fraction of sp³-hybridized carbons (Fsp3) is 0.158. The molecule has 3 nitrogen and oxygen atoms in total. The van der Waals surface area contributed by atoms with Crippen LogP contribution in [0.4, 0.5) is 14.5 Å². The summed E-state index contributed by atoms with van der Waals surface area (Å²) in [6.07, 6.45) is 2.98. The maximum absolute atomic E-state index is 13.3. The van der Waals surface area contributed by atoms with Gasteiger partial charge >= 0.3 is 0 Å². The molecule has 0 spiro atoms. The fourth-order valence-corrected chi connectivity index (χ4v) is 2.80. The van der Waals surface area contributed by atoms with Crippen LogP contribution in [0.5, 0.6) is 0 Å². The third kappa shape index (κ3) is 3.04. The van der Waals surface area contributed by atoms with E-state index < -0.39 is 17.5 Å². The molecule has 3 rings (SSSR count). The molecule has 1 heterocycles. The lowest BCUT2D eigenvalue weighted by Gasteiger charge is -2.29. The van der Waals surface area contributed by atoms with E-state index in [4.69, 9.17) is 0 Å². The second-order valence-electron chi connectivity index (χ2n) is 5.53. The average molecular weight is 324 g/mol. The van der Waals surface area contributed by atoms with E-state index in [0.717, 1.165) is 36.2 Å². The summed E-state index contributed by atoms with van der Waals surface area (Å²) in [7, 11) is 0. The lowest BCUT2D eigenvalue weighted by atomic mass is 10.0. The Morgan fingerprint density at radius 1 is 1.17 bits per heavy atom. The number of rotatable bonds is 2. The molecule has 1 aliphatic heterocycles. The zero-order valence-corrected chi connectivity index (χ0v) is 12.8. The van der Waals surface area contributed by atoms with Gasteiger partial charge in [-0.15, -0.1) is 0 Å². The molecular weight excluding hydrogens is 310 g/mol. The number of carbonyl (C=O) groups excluding carboxylic acids is 1. The molecule has 120 valence electrons. The van der Waals surface area contributed by atoms with Crippen LogP contribution in [-0.4, -0.2) is 12.5 Å². The molecule has 5 heteroatoms. The van der Waals surface area contributed by atoms with E-state index in [1.54, 1.807) is 4.90 Å². The first-order valence-corrected chi connectivity index (χ1v) is 7.57. The zero-order chi connectivity index (χ0) is 17.1. The summed E-state index contributed by atoms with van der Waals surface area (Å²) < 4.78 is 26.3. The summed E-state index contributed by atoms with van der Waals surface area (Å²) in [5.74, 6) is -2.42. The number of carbonyl (C=O) groups is 1. The van der Waals surface area contributed by atoms with Crippen molar-refractivity contribution in [2.75, 3.05) is 11.4 Å². The zero-order valence-electron chi connectivity index (χ0n) is 12.8. The van der Waals surface area contributed by atoms with Gasteiger partial charge in [0.1, 0.15) is 11.6 Å². The Hall–Kier alpha value is -3.00. The van der Waals surface area contributed by atoms with Gasteiger partial charge in [-0.1, -0.05) is 24.3 Å². The highest BCUT2D eigenvalue weighted by atomic mass is 19.2. The van der Waals surface area contributed by atoms with Crippen molar-refractivity contribution in [3.8, 4) is 6.07 Å². The topological polar surface area (TPSA) is 44.1 Å². The van der Waals surface area contributed by atoms with E-state index in [0.29, 0.717) is 6.54 Å². The predicted octanol–water partition coefficient (Wildman–Crippen LogP) is 3.85. The van der Waals surface area contributed by atoms with Crippen LogP contribution >= 0.6 is 0 Å². The highest BCUT2D eigenvalue weighted by Gasteiger charge is 2.24. The van der Waals surface area contributed by atoms with Crippen molar-refractivity contribution in [1.82, 2.24) is 0 Å². The van der Waals surface area contributed by atoms with Crippen LogP contribution in [0.3, 0.4) is 0 Å². The second-order valence-corrected chi connectivity index (χ2v) is 5.53. The largest absolute Gasteiger partial charge is 0.307 e. The van der Waals surface area contributed by atoms with Gasteiger partial charge in [0.05, 0.1) is 0 Å². The maximum Gasteiger partial charge on any atom is 0.268 e. The number of nitrogens with zero attached hydrogens (tertiary/aromatic N) is 2. The minimum Gasteiger partial charge on any atom is -0.307 e. The molecule has 0 bridgehead atoms. The van der Waals surface area contributed by atoms with E-state index in [9.17, 15) is 18.8 Å². The molecule has 24 heavy (non-hydrogen) atoms. The number of aryl methyl sites for hydroxylation is 1. The lowest BCUT2D eigenvalue weighted by molar-refractivity contribution is -0.114. The highest BCUT2D eigenvalue weighted by Crippen LogP contribution is 2.28. The van der Waals surface area contributed by atoms with Crippen LogP contribution in [0.2, 0.25) is 0 Å². The van der Waals surface area contributed by atoms with Crippen LogP contribution < -0.4 is 4.90 Å². The predicted molar refractivity (Wildman–Crippen MR) is 87.1 cm³/mol. The molecule has 0 unspecified atom stereocenters. The van der Waals surface area contributed by atoms with Crippen molar-refractivity contribution in [1.29, 1.82) is 5.26 Å². The highest BCUT2D eigenvalue weighted by molar-refractivity contribution is 6.11. The van der Waals surface area contributed by atoms with E-state index in [-0.39, 0.29) is 11.1 Å². The standard InChI is InChI=1S/C19H14F2N2O/c20-16-8-7-13(11-17(16)21)10-15(12-22)19(24)23-9-3-5-14-4-1-2-6-18(14)23/h1-2,4,6-8,10-11H,3,5,9H2/b15-10+. The Morgan fingerprint density at radius 2 is 1.96 bits per heavy atom. The normalized spacial score (nSPS) is 14.0. The van der Waals surface area contributed by atoms with Gasteiger partial charge in [0, 0.05) is 12.2 Å². The first-order valence-electron chi connectivity index (χ1n) is 7.57. The molecule has 0 N–H and O–H groups in total. The quantitative estimate of drug-likeness (QED) is 0.622. The van der Waals surface area contributed by atoms with Gasteiger partial charge in [0.25, 0.3) is 5.91 Å². The second kappa shape index (κ2) is 6.63. The fourth-order valence-electron chi connectivity index (χ4n) is 2.80. The molecule has 0 aliphatic carbocycles. The van der Waals surface area contributed by atoms with Crippen molar-refractivity contribution in [3.05, 3.63) is 70.8 Å². The molecule has 0 fully saturated rings. The molecule has 2 aromatic rings. The molecule has 0 saturated carbocycles. The number of para-hydroxylation sites is 1. The summed E-state index contributed by atoms with van der Waals surface area (Å²) in [4.78, 5) is 14.3. The lowest BCUT2D eigenvalue weighted by Crippen LogP contribution is -2.36. The van der Waals surface area contributed by atoms with Gasteiger partial charge in [-0.25, -0.2) is 8.78 Å². The minimum atomic E-state index is -1.02. The number of anilines is 1. The number of hydrogen-bond acceptors (Lipinski definition) is 2. The molecule has 1 amide bonds. The van der Waals surface area contributed by atoms with Crippen molar-refractivity contribution in [2.45, 2.75) is 12.8 Å². The molecular formula is C19H14F2N2O. The van der Waals surface area contributed by atoms with Crippen LogP contribution in [0.25, 0.3) is 6.08 Å². The third-order valence-electron chi connectivity index (χ3n) is 3.96. The van der Waals surface area contributed by atoms with E-state index >= 15 is 0 Å². The summed E-state index contributed by atoms with van der Waals surface area (Å²) in [5.41, 5.74) is 2.00. The van der Waals surface area contributed by atoms with Gasteiger partial charge in [-0.3, -0.25) is 4.79 Å². The number of halogens is 2. The Balaban J connectivity index is 1.94. The van der Waals surface area contributed by atoms with Crippen molar-refractivity contribution in [3.63, 3.8) is 0 Å². The van der Waals surface area contributed by atoms with Crippen LogP contribution in [0, 0.1) is 23.0 Å². The maximum atomic E-state index is 13.3. The van der Waals surface area contributed by atoms with Gasteiger partial charge in [0.2, 0.25) is 0 Å². The molecule has 0 radical (unpaired) electrons. The molecule has 0 aromatic heterocycles. The Kier molecular flexibility index (Phi) is 4.39. The van der Waals surface area contributed by atoms with Gasteiger partial charge in [-0.05, 0) is 48.2 Å². The van der Waals surface area contributed by atoms with Gasteiger partial charge in [-0.2, -0.15) is 5.26 Å². The average Bonchev–Trinajstić information content (AvgIpc) is 2.61. The van der Waals surface area contributed by atoms with Crippen LogP contribution in [0.1, 0.15) is 17.5 Å². The first kappa shape index (κ1) is 15.9. The third-order valence-corrected chi connectivity index (χ3v) is 3.96. The van der Waals surface area contributed by atoms with Crippen molar-refractivity contribution in [2.24, 2.45) is 0 Å².